The van der Waals surface area contributed by atoms with Gasteiger partial charge in [-0.1, -0.05) is 30.7 Å². The van der Waals surface area contributed by atoms with Gasteiger partial charge in [0.05, 0.1) is 16.1 Å². The Balaban J connectivity index is 1.67. The molecule has 6 heteroatoms. The molecule has 2 aliphatic rings. The lowest BCUT2D eigenvalue weighted by Gasteiger charge is -2.43. The second-order valence-corrected chi connectivity index (χ2v) is 10.7. The van der Waals surface area contributed by atoms with Crippen LogP contribution in [0.5, 0.6) is 0 Å². The number of hydrogen-bond donors (Lipinski definition) is 1. The van der Waals surface area contributed by atoms with Crippen LogP contribution in [0.1, 0.15) is 56.4 Å². The minimum atomic E-state index is -0.155. The molecule has 33 heavy (non-hydrogen) atoms. The van der Waals surface area contributed by atoms with Crippen molar-refractivity contribution in [1.82, 2.24) is 5.32 Å². The van der Waals surface area contributed by atoms with E-state index in [-0.39, 0.29) is 11.4 Å². The molecule has 2 aromatic rings. The van der Waals surface area contributed by atoms with Crippen molar-refractivity contribution in [3.8, 4) is 0 Å². The van der Waals surface area contributed by atoms with Gasteiger partial charge in [0, 0.05) is 22.8 Å². The molecule has 0 bridgehead atoms. The summed E-state index contributed by atoms with van der Waals surface area (Å²) in [6.07, 6.45) is 5.22. The number of rotatable bonds is 4. The van der Waals surface area contributed by atoms with E-state index in [0.29, 0.717) is 15.1 Å². The van der Waals surface area contributed by atoms with E-state index in [1.807, 2.05) is 30.3 Å². The van der Waals surface area contributed by atoms with Gasteiger partial charge in [0.2, 0.25) is 0 Å². The second kappa shape index (κ2) is 9.03. The zero-order chi connectivity index (χ0) is 23.9. The van der Waals surface area contributed by atoms with Crippen LogP contribution in [0, 0.1) is 13.8 Å². The lowest BCUT2D eigenvalue weighted by atomic mass is 9.87. The van der Waals surface area contributed by atoms with Crippen LogP contribution in [0.2, 0.25) is 5.02 Å². The van der Waals surface area contributed by atoms with Crippen LogP contribution in [0.4, 0.5) is 11.4 Å². The standard InChI is InChI=1S/C27H30ClN3OS/c1-7-10-31-23-14-22(28)19(12-21(23)18(4)15-27(31,5)6)13-24-25(32)30-26(33-24)29-20-9-8-16(2)17(3)11-20/h8-9,11-15H,7,10H2,1-6H3,(H,29,30,32)/b24-13+. The highest BCUT2D eigenvalue weighted by atomic mass is 35.5. The van der Waals surface area contributed by atoms with Gasteiger partial charge in [-0.2, -0.15) is 0 Å². The molecule has 1 amide bonds. The average molecular weight is 480 g/mol. The topological polar surface area (TPSA) is 44.7 Å². The Morgan fingerprint density at radius 1 is 1.15 bits per heavy atom. The van der Waals surface area contributed by atoms with Crippen LogP contribution >= 0.6 is 23.4 Å². The molecule has 4 rings (SSSR count). The van der Waals surface area contributed by atoms with Gasteiger partial charge in [-0.15, -0.1) is 0 Å². The van der Waals surface area contributed by atoms with E-state index < -0.39 is 0 Å². The van der Waals surface area contributed by atoms with Gasteiger partial charge in [0.15, 0.2) is 5.17 Å². The number of fused-ring (bicyclic) bond motifs is 1. The molecule has 2 aliphatic heterocycles. The molecule has 0 aliphatic carbocycles. The van der Waals surface area contributed by atoms with E-state index >= 15 is 0 Å². The quantitative estimate of drug-likeness (QED) is 0.469. The summed E-state index contributed by atoms with van der Waals surface area (Å²) in [5, 5.41) is 4.09. The molecule has 1 N–H and O–H groups in total. The van der Waals surface area contributed by atoms with Crippen molar-refractivity contribution in [2.45, 2.75) is 53.5 Å². The molecular weight excluding hydrogens is 450 g/mol. The minimum Gasteiger partial charge on any atom is -0.362 e. The summed E-state index contributed by atoms with van der Waals surface area (Å²) in [5.74, 6) is -0.155. The zero-order valence-electron chi connectivity index (χ0n) is 20.0. The van der Waals surface area contributed by atoms with Crippen molar-refractivity contribution < 1.29 is 4.79 Å². The van der Waals surface area contributed by atoms with Crippen molar-refractivity contribution in [2.24, 2.45) is 4.99 Å². The fourth-order valence-corrected chi connectivity index (χ4v) is 5.44. The minimum absolute atomic E-state index is 0.0721. The van der Waals surface area contributed by atoms with Gasteiger partial charge in [-0.3, -0.25) is 4.79 Å². The second-order valence-electron chi connectivity index (χ2n) is 9.27. The molecule has 0 aromatic heterocycles. The first-order chi connectivity index (χ1) is 15.6. The number of amides is 1. The maximum Gasteiger partial charge on any atom is 0.264 e. The van der Waals surface area contributed by atoms with Crippen molar-refractivity contribution >= 4 is 57.5 Å². The first-order valence-electron chi connectivity index (χ1n) is 11.3. The molecule has 2 aromatic carbocycles. The fourth-order valence-electron chi connectivity index (χ4n) is 4.39. The van der Waals surface area contributed by atoms with E-state index in [1.165, 1.54) is 28.5 Å². The van der Waals surface area contributed by atoms with E-state index in [0.717, 1.165) is 35.5 Å². The van der Waals surface area contributed by atoms with Gasteiger partial charge in [0.1, 0.15) is 0 Å². The number of nitrogens with zero attached hydrogens (tertiary/aromatic N) is 2. The number of allylic oxidation sites excluding steroid dienone is 1. The zero-order valence-corrected chi connectivity index (χ0v) is 21.6. The van der Waals surface area contributed by atoms with Crippen LogP contribution < -0.4 is 10.2 Å². The molecule has 172 valence electrons. The van der Waals surface area contributed by atoms with Gasteiger partial charge in [-0.25, -0.2) is 4.99 Å². The van der Waals surface area contributed by atoms with Gasteiger partial charge in [0.25, 0.3) is 5.91 Å². The largest absolute Gasteiger partial charge is 0.362 e. The molecule has 2 heterocycles. The SMILES string of the molecule is CCCN1c2cc(Cl)c(/C=C3/SC(=Nc4ccc(C)c(C)c4)NC3=O)cc2C(C)=CC1(C)C. The average Bonchev–Trinajstić information content (AvgIpc) is 3.07. The summed E-state index contributed by atoms with van der Waals surface area (Å²) in [7, 11) is 0. The highest BCUT2D eigenvalue weighted by molar-refractivity contribution is 8.18. The maximum absolute atomic E-state index is 12.6. The Morgan fingerprint density at radius 2 is 1.91 bits per heavy atom. The van der Waals surface area contributed by atoms with Crippen LogP contribution in [0.25, 0.3) is 11.6 Å². The molecule has 1 fully saturated rings. The molecule has 0 atom stereocenters. The molecular formula is C27H30ClN3OS. The number of hydrogen-bond acceptors (Lipinski definition) is 4. The third kappa shape index (κ3) is 4.75. The molecule has 0 saturated carbocycles. The fraction of sp³-hybridized carbons (Fsp3) is 0.333. The number of anilines is 1. The third-order valence-corrected chi connectivity index (χ3v) is 7.44. The summed E-state index contributed by atoms with van der Waals surface area (Å²) in [6, 6.07) is 10.2. The molecule has 0 radical (unpaired) electrons. The Hall–Kier alpha value is -2.50. The van der Waals surface area contributed by atoms with Gasteiger partial charge >= 0.3 is 0 Å². The Kier molecular flexibility index (Phi) is 6.47. The number of amidine groups is 1. The van der Waals surface area contributed by atoms with Crippen LogP contribution in [0.15, 0.2) is 46.3 Å². The number of carbonyl (C=O) groups excluding carboxylic acids is 1. The number of halogens is 1. The van der Waals surface area contributed by atoms with E-state index in [1.54, 1.807) is 0 Å². The molecule has 4 nitrogen and oxygen atoms in total. The Morgan fingerprint density at radius 3 is 2.61 bits per heavy atom. The number of aliphatic imine (C=N–C) groups is 1. The number of thioether (sulfide) groups is 1. The summed E-state index contributed by atoms with van der Waals surface area (Å²) in [6.45, 7) is 13.9. The van der Waals surface area contributed by atoms with Crippen LogP contribution in [0.3, 0.4) is 0 Å². The molecule has 0 spiro atoms. The monoisotopic (exact) mass is 479 g/mol. The number of nitrogens with one attached hydrogen (secondary N) is 1. The predicted octanol–water partition coefficient (Wildman–Crippen LogP) is 7.26. The summed E-state index contributed by atoms with van der Waals surface area (Å²) < 4.78 is 0. The van der Waals surface area contributed by atoms with Crippen LogP contribution in [-0.4, -0.2) is 23.2 Å². The summed E-state index contributed by atoms with van der Waals surface area (Å²) in [5.41, 5.74) is 7.51. The Bertz CT molecular complexity index is 1230. The smallest absolute Gasteiger partial charge is 0.264 e. The number of carbonyl (C=O) groups is 1. The first-order valence-corrected chi connectivity index (χ1v) is 12.5. The third-order valence-electron chi connectivity index (χ3n) is 6.20. The molecule has 0 unspecified atom stereocenters. The lowest BCUT2D eigenvalue weighted by Crippen LogP contribution is -2.45. The van der Waals surface area contributed by atoms with E-state index in [2.05, 4.69) is 68.9 Å². The highest BCUT2D eigenvalue weighted by Crippen LogP contribution is 2.42. The van der Waals surface area contributed by atoms with Gasteiger partial charge in [-0.05, 0) is 105 Å². The maximum atomic E-state index is 12.6. The predicted molar refractivity (Wildman–Crippen MR) is 144 cm³/mol. The van der Waals surface area contributed by atoms with Crippen molar-refractivity contribution in [2.75, 3.05) is 11.4 Å². The van der Waals surface area contributed by atoms with E-state index in [9.17, 15) is 4.79 Å². The van der Waals surface area contributed by atoms with E-state index in [4.69, 9.17) is 11.6 Å². The highest BCUT2D eigenvalue weighted by Gasteiger charge is 2.31. The van der Waals surface area contributed by atoms with Crippen molar-refractivity contribution in [1.29, 1.82) is 0 Å². The summed E-state index contributed by atoms with van der Waals surface area (Å²) in [4.78, 5) is 20.2. The van der Waals surface area contributed by atoms with Crippen molar-refractivity contribution in [3.05, 3.63) is 68.6 Å². The number of aryl methyl sites for hydroxylation is 2. The molecule has 1 saturated heterocycles. The van der Waals surface area contributed by atoms with Gasteiger partial charge < -0.3 is 10.2 Å². The number of benzene rings is 2. The summed E-state index contributed by atoms with van der Waals surface area (Å²) >= 11 is 8.07. The normalized spacial score (nSPS) is 19.7. The Labute approximate surface area is 205 Å². The first kappa shape index (κ1) is 23.7. The van der Waals surface area contributed by atoms with Crippen molar-refractivity contribution in [3.63, 3.8) is 0 Å². The lowest BCUT2D eigenvalue weighted by molar-refractivity contribution is -0.115. The van der Waals surface area contributed by atoms with Crippen LogP contribution in [-0.2, 0) is 4.79 Å².